The molecular formula is C15H20N2O5S. The standard InChI is InChI=1S/C15H20N2O5S/c1-4-16(8-7-14(18)19)15(20)12-9-11(17(21)22)5-6-13(12)23-10(2)3/h5-6,9-10H,4,7-8H2,1-3H3,(H,18,19). The van der Waals surface area contributed by atoms with Crippen molar-refractivity contribution in [3.63, 3.8) is 0 Å². The molecule has 1 aromatic rings. The number of carboxylic acids is 1. The van der Waals surface area contributed by atoms with Crippen LogP contribution in [-0.2, 0) is 4.79 Å². The van der Waals surface area contributed by atoms with Crippen molar-refractivity contribution in [3.8, 4) is 0 Å². The number of carboxylic acid groups (broad SMARTS) is 1. The Hall–Kier alpha value is -2.09. The maximum atomic E-state index is 12.7. The number of carbonyl (C=O) groups is 2. The number of hydrogen-bond donors (Lipinski definition) is 1. The summed E-state index contributed by atoms with van der Waals surface area (Å²) in [6.45, 7) is 6.07. The average molecular weight is 340 g/mol. The first kappa shape index (κ1) is 19.0. The van der Waals surface area contributed by atoms with E-state index in [-0.39, 0.29) is 35.4 Å². The highest BCUT2D eigenvalue weighted by Crippen LogP contribution is 2.30. The Kier molecular flexibility index (Phi) is 7.02. The summed E-state index contributed by atoms with van der Waals surface area (Å²) in [6, 6.07) is 4.20. The third-order valence-corrected chi connectivity index (χ3v) is 4.11. The molecule has 1 aromatic carbocycles. The van der Waals surface area contributed by atoms with E-state index in [1.807, 2.05) is 13.8 Å². The molecule has 0 saturated heterocycles. The van der Waals surface area contributed by atoms with Crippen molar-refractivity contribution in [2.75, 3.05) is 13.1 Å². The van der Waals surface area contributed by atoms with E-state index in [0.717, 1.165) is 0 Å². The molecule has 7 nitrogen and oxygen atoms in total. The number of rotatable bonds is 8. The van der Waals surface area contributed by atoms with Crippen LogP contribution >= 0.6 is 11.8 Å². The summed E-state index contributed by atoms with van der Waals surface area (Å²) in [5, 5.41) is 19.9. The Bertz CT molecular complexity index is 604. The van der Waals surface area contributed by atoms with Gasteiger partial charge in [-0.2, -0.15) is 0 Å². The van der Waals surface area contributed by atoms with Gasteiger partial charge in [-0.1, -0.05) is 13.8 Å². The number of thioether (sulfide) groups is 1. The molecule has 126 valence electrons. The van der Waals surface area contributed by atoms with Gasteiger partial charge in [-0.3, -0.25) is 19.7 Å². The van der Waals surface area contributed by atoms with Gasteiger partial charge in [0.15, 0.2) is 0 Å². The minimum Gasteiger partial charge on any atom is -0.481 e. The van der Waals surface area contributed by atoms with E-state index in [2.05, 4.69) is 0 Å². The Morgan fingerprint density at radius 3 is 2.52 bits per heavy atom. The lowest BCUT2D eigenvalue weighted by Crippen LogP contribution is -2.33. The molecule has 23 heavy (non-hydrogen) atoms. The van der Waals surface area contributed by atoms with Crippen molar-refractivity contribution in [3.05, 3.63) is 33.9 Å². The number of aliphatic carboxylic acids is 1. The van der Waals surface area contributed by atoms with E-state index in [0.29, 0.717) is 11.4 Å². The number of non-ortho nitro benzene ring substituents is 1. The first-order chi connectivity index (χ1) is 10.8. The van der Waals surface area contributed by atoms with Crippen molar-refractivity contribution in [1.82, 2.24) is 4.90 Å². The van der Waals surface area contributed by atoms with Crippen molar-refractivity contribution in [2.45, 2.75) is 37.3 Å². The first-order valence-electron chi connectivity index (χ1n) is 7.22. The fourth-order valence-electron chi connectivity index (χ4n) is 1.96. The summed E-state index contributed by atoms with van der Waals surface area (Å²) in [4.78, 5) is 35.8. The van der Waals surface area contributed by atoms with Crippen LogP contribution in [0.5, 0.6) is 0 Å². The normalized spacial score (nSPS) is 10.6. The molecule has 1 N–H and O–H groups in total. The minimum atomic E-state index is -0.993. The summed E-state index contributed by atoms with van der Waals surface area (Å²) >= 11 is 1.44. The van der Waals surface area contributed by atoms with Crippen LogP contribution < -0.4 is 0 Å². The van der Waals surface area contributed by atoms with Gasteiger partial charge in [0, 0.05) is 35.4 Å². The summed E-state index contributed by atoms with van der Waals surface area (Å²) in [5.74, 6) is -1.38. The molecule has 0 aliphatic carbocycles. The molecule has 0 heterocycles. The van der Waals surface area contributed by atoms with Gasteiger partial charge in [0.05, 0.1) is 16.9 Å². The second kappa shape index (κ2) is 8.52. The number of hydrogen-bond acceptors (Lipinski definition) is 5. The molecule has 0 aromatic heterocycles. The lowest BCUT2D eigenvalue weighted by molar-refractivity contribution is -0.384. The largest absolute Gasteiger partial charge is 0.481 e. The van der Waals surface area contributed by atoms with Crippen LogP contribution in [0.1, 0.15) is 37.6 Å². The van der Waals surface area contributed by atoms with Crippen LogP contribution in [0.25, 0.3) is 0 Å². The van der Waals surface area contributed by atoms with Crippen LogP contribution in [0, 0.1) is 10.1 Å². The number of nitro groups is 1. The highest BCUT2D eigenvalue weighted by atomic mass is 32.2. The molecule has 8 heteroatoms. The van der Waals surface area contributed by atoms with E-state index in [1.54, 1.807) is 13.0 Å². The molecule has 0 aliphatic rings. The van der Waals surface area contributed by atoms with Crippen molar-refractivity contribution < 1.29 is 19.6 Å². The Labute approximate surface area is 138 Å². The predicted molar refractivity (Wildman–Crippen MR) is 87.9 cm³/mol. The Morgan fingerprint density at radius 1 is 1.39 bits per heavy atom. The predicted octanol–water partition coefficient (Wildman–Crippen LogP) is 3.03. The third kappa shape index (κ3) is 5.55. The van der Waals surface area contributed by atoms with Crippen LogP contribution in [0.15, 0.2) is 23.1 Å². The second-order valence-corrected chi connectivity index (χ2v) is 6.75. The number of carbonyl (C=O) groups excluding carboxylic acids is 1. The summed E-state index contributed by atoms with van der Waals surface area (Å²) < 4.78 is 0. The van der Waals surface area contributed by atoms with Gasteiger partial charge in [-0.15, -0.1) is 11.8 Å². The molecule has 1 amide bonds. The van der Waals surface area contributed by atoms with Gasteiger partial charge in [-0.25, -0.2) is 0 Å². The van der Waals surface area contributed by atoms with Crippen LogP contribution in [0.3, 0.4) is 0 Å². The molecule has 0 unspecified atom stereocenters. The second-order valence-electron chi connectivity index (χ2n) is 5.13. The minimum absolute atomic E-state index is 0.0686. The van der Waals surface area contributed by atoms with Gasteiger partial charge in [0.25, 0.3) is 11.6 Å². The third-order valence-electron chi connectivity index (χ3n) is 3.03. The maximum absolute atomic E-state index is 12.7. The van der Waals surface area contributed by atoms with Crippen molar-refractivity contribution in [2.24, 2.45) is 0 Å². The Balaban J connectivity index is 3.18. The summed E-state index contributed by atoms with van der Waals surface area (Å²) in [6.07, 6.45) is -0.166. The monoisotopic (exact) mass is 340 g/mol. The van der Waals surface area contributed by atoms with Gasteiger partial charge in [-0.05, 0) is 13.0 Å². The number of nitro benzene ring substituents is 1. The van der Waals surface area contributed by atoms with E-state index >= 15 is 0 Å². The lowest BCUT2D eigenvalue weighted by atomic mass is 10.1. The molecule has 0 radical (unpaired) electrons. The summed E-state index contributed by atoms with van der Waals surface area (Å²) in [5.41, 5.74) is 0.0842. The molecule has 0 aliphatic heterocycles. The highest BCUT2D eigenvalue weighted by Gasteiger charge is 2.22. The van der Waals surface area contributed by atoms with Crippen LogP contribution in [-0.4, -0.2) is 45.1 Å². The van der Waals surface area contributed by atoms with Gasteiger partial charge in [0.1, 0.15) is 0 Å². The highest BCUT2D eigenvalue weighted by molar-refractivity contribution is 8.00. The summed E-state index contributed by atoms with van der Waals surface area (Å²) in [7, 11) is 0. The topological polar surface area (TPSA) is 101 Å². The maximum Gasteiger partial charge on any atom is 0.305 e. The van der Waals surface area contributed by atoms with E-state index in [1.165, 1.54) is 28.8 Å². The molecule has 0 saturated carbocycles. The Morgan fingerprint density at radius 2 is 2.04 bits per heavy atom. The molecule has 1 rings (SSSR count). The molecule has 0 atom stereocenters. The van der Waals surface area contributed by atoms with Gasteiger partial charge < -0.3 is 10.0 Å². The number of amides is 1. The smallest absolute Gasteiger partial charge is 0.305 e. The van der Waals surface area contributed by atoms with E-state index < -0.39 is 10.9 Å². The van der Waals surface area contributed by atoms with E-state index in [4.69, 9.17) is 5.11 Å². The molecule has 0 spiro atoms. The molecule has 0 fully saturated rings. The van der Waals surface area contributed by atoms with Crippen LogP contribution in [0.2, 0.25) is 0 Å². The zero-order valence-electron chi connectivity index (χ0n) is 13.3. The zero-order chi connectivity index (χ0) is 17.6. The van der Waals surface area contributed by atoms with Crippen molar-refractivity contribution >= 4 is 29.3 Å². The molecule has 0 bridgehead atoms. The lowest BCUT2D eigenvalue weighted by Gasteiger charge is -2.21. The fraction of sp³-hybridized carbons (Fsp3) is 0.467. The molecular weight excluding hydrogens is 320 g/mol. The SMILES string of the molecule is CCN(CCC(=O)O)C(=O)c1cc([N+](=O)[O-])ccc1SC(C)C. The first-order valence-corrected chi connectivity index (χ1v) is 8.10. The number of benzene rings is 1. The van der Waals surface area contributed by atoms with Gasteiger partial charge in [0.2, 0.25) is 0 Å². The quantitative estimate of drug-likeness (QED) is 0.443. The van der Waals surface area contributed by atoms with Gasteiger partial charge >= 0.3 is 5.97 Å². The van der Waals surface area contributed by atoms with Crippen molar-refractivity contribution in [1.29, 1.82) is 0 Å². The average Bonchev–Trinajstić information content (AvgIpc) is 2.46. The van der Waals surface area contributed by atoms with E-state index in [9.17, 15) is 19.7 Å². The van der Waals surface area contributed by atoms with Crippen LogP contribution in [0.4, 0.5) is 5.69 Å². The fourth-order valence-corrected chi connectivity index (χ4v) is 2.89. The number of nitrogens with zero attached hydrogens (tertiary/aromatic N) is 2. The zero-order valence-corrected chi connectivity index (χ0v) is 14.1.